The van der Waals surface area contributed by atoms with Crippen LogP contribution in [0.2, 0.25) is 0 Å². The monoisotopic (exact) mass is 315 g/mol. The number of nitrogens with two attached hydrogens (primary N) is 1. The second kappa shape index (κ2) is 6.13. The van der Waals surface area contributed by atoms with Crippen LogP contribution in [0.4, 0.5) is 0 Å². The molecule has 1 saturated carbocycles. The van der Waals surface area contributed by atoms with Crippen molar-refractivity contribution in [3.63, 3.8) is 0 Å². The van der Waals surface area contributed by atoms with Crippen LogP contribution in [0.25, 0.3) is 0 Å². The minimum Gasteiger partial charge on any atom is -0.395 e. The lowest BCUT2D eigenvalue weighted by molar-refractivity contribution is 0.178. The molecule has 0 aliphatic heterocycles. The van der Waals surface area contributed by atoms with Gasteiger partial charge in [-0.3, -0.25) is 4.98 Å². The Hall–Kier alpha value is -1.09. The van der Waals surface area contributed by atoms with E-state index in [0.717, 1.165) is 19.3 Å². The van der Waals surface area contributed by atoms with E-state index in [4.69, 9.17) is 23.1 Å². The third-order valence-electron chi connectivity index (χ3n) is 3.40. The van der Waals surface area contributed by atoms with Crippen molar-refractivity contribution in [1.82, 2.24) is 9.29 Å². The predicted molar refractivity (Wildman–Crippen MR) is 78.7 cm³/mol. The van der Waals surface area contributed by atoms with E-state index < -0.39 is 10.0 Å². The van der Waals surface area contributed by atoms with Gasteiger partial charge in [0.1, 0.15) is 9.88 Å². The van der Waals surface area contributed by atoms with Crippen LogP contribution in [0, 0.1) is 0 Å². The number of sulfonamides is 1. The highest BCUT2D eigenvalue weighted by atomic mass is 32.2. The molecular weight excluding hydrogens is 298 g/mol. The Balaban J connectivity index is 2.29. The number of nitrogens with zero attached hydrogens (tertiary/aromatic N) is 2. The Morgan fingerprint density at radius 2 is 2.20 bits per heavy atom. The third kappa shape index (κ3) is 2.98. The molecule has 0 amide bonds. The Kier molecular flexibility index (Phi) is 4.69. The summed E-state index contributed by atoms with van der Waals surface area (Å²) in [4.78, 5) is 4.18. The van der Waals surface area contributed by atoms with Crippen LogP contribution in [-0.4, -0.2) is 47.0 Å². The smallest absolute Gasteiger partial charge is 0.244 e. The number of aromatic nitrogens is 1. The molecule has 3 N–H and O–H groups in total. The molecular formula is C12H17N3O3S2. The minimum absolute atomic E-state index is 0.0255. The normalized spacial score (nSPS) is 16.1. The Morgan fingerprint density at radius 3 is 2.60 bits per heavy atom. The van der Waals surface area contributed by atoms with Gasteiger partial charge in [-0.15, -0.1) is 0 Å². The largest absolute Gasteiger partial charge is 0.395 e. The van der Waals surface area contributed by atoms with Crippen molar-refractivity contribution in [2.75, 3.05) is 13.2 Å². The second-order valence-corrected chi connectivity index (χ2v) is 7.00. The van der Waals surface area contributed by atoms with Gasteiger partial charge in [0.25, 0.3) is 0 Å². The molecule has 0 aromatic carbocycles. The van der Waals surface area contributed by atoms with Gasteiger partial charge in [-0.2, -0.15) is 4.31 Å². The van der Waals surface area contributed by atoms with Gasteiger partial charge in [0.05, 0.1) is 12.3 Å². The quantitative estimate of drug-likeness (QED) is 0.731. The highest BCUT2D eigenvalue weighted by Gasteiger charge is 2.34. The van der Waals surface area contributed by atoms with Crippen molar-refractivity contribution in [2.45, 2.75) is 30.2 Å². The molecule has 0 spiro atoms. The van der Waals surface area contributed by atoms with E-state index in [2.05, 4.69) is 4.98 Å². The maximum atomic E-state index is 12.5. The highest BCUT2D eigenvalue weighted by molar-refractivity contribution is 7.89. The number of rotatable bonds is 6. The van der Waals surface area contributed by atoms with E-state index in [1.54, 1.807) is 0 Å². The molecule has 1 aromatic heterocycles. The molecule has 2 rings (SSSR count). The number of aliphatic hydroxyl groups excluding tert-OH is 1. The number of thiocarbonyl (C=S) groups is 1. The van der Waals surface area contributed by atoms with Crippen LogP contribution < -0.4 is 5.73 Å². The van der Waals surface area contributed by atoms with Gasteiger partial charge in [-0.25, -0.2) is 8.42 Å². The minimum atomic E-state index is -3.64. The molecule has 6 nitrogen and oxygen atoms in total. The SMILES string of the molecule is NC(=S)c1ccc(S(=O)(=O)N(CCO)C2CCC2)cn1. The topological polar surface area (TPSA) is 96.5 Å². The van der Waals surface area contributed by atoms with Gasteiger partial charge >= 0.3 is 0 Å². The maximum absolute atomic E-state index is 12.5. The zero-order valence-corrected chi connectivity index (χ0v) is 12.5. The summed E-state index contributed by atoms with van der Waals surface area (Å²) in [5.74, 6) is 0. The second-order valence-electron chi connectivity index (χ2n) is 4.67. The fourth-order valence-corrected chi connectivity index (χ4v) is 3.83. The summed E-state index contributed by atoms with van der Waals surface area (Å²) in [5.41, 5.74) is 5.82. The molecule has 8 heteroatoms. The molecule has 1 heterocycles. The Morgan fingerprint density at radius 1 is 1.50 bits per heavy atom. The van der Waals surface area contributed by atoms with Crippen LogP contribution in [0.3, 0.4) is 0 Å². The van der Waals surface area contributed by atoms with Crippen LogP contribution in [0.15, 0.2) is 23.2 Å². The number of aliphatic hydroxyl groups is 1. The van der Waals surface area contributed by atoms with Crippen LogP contribution in [-0.2, 0) is 10.0 Å². The molecule has 1 fully saturated rings. The van der Waals surface area contributed by atoms with Crippen molar-refractivity contribution in [1.29, 1.82) is 0 Å². The summed E-state index contributed by atoms with van der Waals surface area (Å²) in [5, 5.41) is 9.08. The van der Waals surface area contributed by atoms with Crippen molar-refractivity contribution in [3.8, 4) is 0 Å². The lowest BCUT2D eigenvalue weighted by atomic mass is 9.93. The van der Waals surface area contributed by atoms with E-state index in [-0.39, 0.29) is 29.1 Å². The Bertz CT molecular complexity index is 582. The van der Waals surface area contributed by atoms with Gasteiger partial charge in [-0.05, 0) is 25.0 Å². The van der Waals surface area contributed by atoms with E-state index in [1.807, 2.05) is 0 Å². The lowest BCUT2D eigenvalue weighted by Gasteiger charge is -2.36. The molecule has 20 heavy (non-hydrogen) atoms. The molecule has 110 valence electrons. The molecule has 1 aliphatic rings. The fraction of sp³-hybridized carbons (Fsp3) is 0.500. The van der Waals surface area contributed by atoms with E-state index in [9.17, 15) is 8.42 Å². The van der Waals surface area contributed by atoms with Crippen molar-refractivity contribution in [2.24, 2.45) is 5.73 Å². The van der Waals surface area contributed by atoms with Crippen molar-refractivity contribution < 1.29 is 13.5 Å². The fourth-order valence-electron chi connectivity index (χ4n) is 2.09. The summed E-state index contributed by atoms with van der Waals surface area (Å²) in [7, 11) is -3.64. The first kappa shape index (κ1) is 15.3. The molecule has 1 aromatic rings. The summed E-state index contributed by atoms with van der Waals surface area (Å²) >= 11 is 4.78. The molecule has 0 saturated heterocycles. The van der Waals surface area contributed by atoms with E-state index in [0.29, 0.717) is 5.69 Å². The molecule has 0 unspecified atom stereocenters. The first-order valence-corrected chi connectivity index (χ1v) is 8.20. The van der Waals surface area contributed by atoms with Gasteiger partial charge in [-0.1, -0.05) is 18.6 Å². The van der Waals surface area contributed by atoms with E-state index >= 15 is 0 Å². The number of hydrogen-bond donors (Lipinski definition) is 2. The van der Waals surface area contributed by atoms with Crippen LogP contribution in [0.5, 0.6) is 0 Å². The summed E-state index contributed by atoms with van der Waals surface area (Å²) in [6.45, 7) is -0.0990. The molecule has 1 aliphatic carbocycles. The summed E-state index contributed by atoms with van der Waals surface area (Å²) in [6.07, 6.45) is 3.93. The molecule has 0 bridgehead atoms. The summed E-state index contributed by atoms with van der Waals surface area (Å²) in [6, 6.07) is 2.91. The zero-order chi connectivity index (χ0) is 14.8. The van der Waals surface area contributed by atoms with Gasteiger partial charge in [0.15, 0.2) is 0 Å². The number of pyridine rings is 1. The first-order valence-electron chi connectivity index (χ1n) is 6.35. The molecule has 0 atom stereocenters. The molecule has 0 radical (unpaired) electrons. The summed E-state index contributed by atoms with van der Waals surface area (Å²) < 4.78 is 26.5. The average Bonchev–Trinajstić information content (AvgIpc) is 2.36. The predicted octanol–water partition coefficient (Wildman–Crippen LogP) is 0.251. The maximum Gasteiger partial charge on any atom is 0.244 e. The van der Waals surface area contributed by atoms with E-state index in [1.165, 1.54) is 22.6 Å². The van der Waals surface area contributed by atoms with Gasteiger partial charge in [0, 0.05) is 18.8 Å². The number of hydrogen-bond acceptors (Lipinski definition) is 5. The van der Waals surface area contributed by atoms with Crippen molar-refractivity contribution in [3.05, 3.63) is 24.0 Å². The lowest BCUT2D eigenvalue weighted by Crippen LogP contribution is -2.45. The highest BCUT2D eigenvalue weighted by Crippen LogP contribution is 2.29. The Labute approximate surface area is 123 Å². The van der Waals surface area contributed by atoms with Crippen LogP contribution >= 0.6 is 12.2 Å². The standard InChI is InChI=1S/C12H17N3O3S2/c13-12(19)11-5-4-10(8-14-11)20(17,18)15(6-7-16)9-2-1-3-9/h4-5,8-9,16H,1-3,6-7H2,(H2,13,19). The van der Waals surface area contributed by atoms with Crippen LogP contribution in [0.1, 0.15) is 25.0 Å². The van der Waals surface area contributed by atoms with Crippen molar-refractivity contribution >= 4 is 27.2 Å². The third-order valence-corrected chi connectivity index (χ3v) is 5.54. The zero-order valence-electron chi connectivity index (χ0n) is 10.9. The first-order chi connectivity index (χ1) is 9.46. The average molecular weight is 315 g/mol. The van der Waals surface area contributed by atoms with Gasteiger partial charge in [0.2, 0.25) is 10.0 Å². The van der Waals surface area contributed by atoms with Gasteiger partial charge < -0.3 is 10.8 Å².